The Morgan fingerprint density at radius 1 is 0.472 bits per heavy atom. The lowest BCUT2D eigenvalue weighted by molar-refractivity contribution is -0.00000872. The summed E-state index contributed by atoms with van der Waals surface area (Å²) in [5.41, 5.74) is 0. The molecule has 0 saturated heterocycles. The molecule has 2 nitrogen and oxygen atoms in total. The summed E-state index contributed by atoms with van der Waals surface area (Å²) in [4.78, 5) is 0. The van der Waals surface area contributed by atoms with E-state index < -0.39 is 7.26 Å². The molecule has 3 aromatic rings. The Labute approximate surface area is 230 Å². The second-order valence-corrected chi connectivity index (χ2v) is 13.0. The molecule has 3 aromatic carbocycles. The highest BCUT2D eigenvalue weighted by Gasteiger charge is 2.44. The van der Waals surface area contributed by atoms with E-state index in [2.05, 4.69) is 91.0 Å². The molecule has 0 atom stereocenters. The quantitative estimate of drug-likeness (QED) is 0.186. The molecule has 36 heavy (non-hydrogen) atoms. The van der Waals surface area contributed by atoms with Crippen molar-refractivity contribution in [3.05, 3.63) is 91.0 Å². The zero-order valence-corrected chi connectivity index (χ0v) is 24.2. The van der Waals surface area contributed by atoms with E-state index in [0.717, 1.165) is 32.5 Å². The van der Waals surface area contributed by atoms with Crippen molar-refractivity contribution >= 4 is 23.2 Å². The van der Waals surface area contributed by atoms with Crippen molar-refractivity contribution in [3.8, 4) is 0 Å². The highest BCUT2D eigenvalue weighted by molar-refractivity contribution is 7.95. The van der Waals surface area contributed by atoms with Crippen LogP contribution in [-0.4, -0.2) is 31.1 Å². The van der Waals surface area contributed by atoms with Crippen LogP contribution in [0, 0.1) is 0 Å². The zero-order chi connectivity index (χ0) is 24.4. The first-order chi connectivity index (χ1) is 17.4. The number of aliphatic hydroxyl groups is 1. The smallest absolute Gasteiger partial charge is 0.112 e. The van der Waals surface area contributed by atoms with Gasteiger partial charge in [-0.15, -0.1) is 0 Å². The van der Waals surface area contributed by atoms with E-state index in [9.17, 15) is 0 Å². The highest BCUT2D eigenvalue weighted by atomic mass is 79.9. The lowest BCUT2D eigenvalue weighted by atomic mass is 10.1. The van der Waals surface area contributed by atoms with Crippen LogP contribution in [0.5, 0.6) is 0 Å². The Balaban J connectivity index is 0.00000456. The summed E-state index contributed by atoms with van der Waals surface area (Å²) in [6, 6.07) is 33.7. The van der Waals surface area contributed by atoms with Gasteiger partial charge in [-0.1, -0.05) is 86.7 Å². The van der Waals surface area contributed by atoms with Crippen molar-refractivity contribution in [2.75, 3.05) is 26.0 Å². The van der Waals surface area contributed by atoms with Gasteiger partial charge in [-0.05, 0) is 68.5 Å². The van der Waals surface area contributed by atoms with Crippen LogP contribution >= 0.6 is 7.26 Å². The van der Waals surface area contributed by atoms with Gasteiger partial charge < -0.3 is 26.8 Å². The SMILES string of the molecule is OCCCCOCCCCCCCCCC[P+](c1ccccc1)(c1ccccc1)c1ccccc1.[Br-]. The Kier molecular flexibility index (Phi) is 15.9. The van der Waals surface area contributed by atoms with Crippen LogP contribution in [0.3, 0.4) is 0 Å². The normalized spacial score (nSPS) is 11.2. The van der Waals surface area contributed by atoms with Gasteiger partial charge in [0.25, 0.3) is 0 Å². The Bertz CT molecular complexity index is 809. The molecule has 0 unspecified atom stereocenters. The highest BCUT2D eigenvalue weighted by Crippen LogP contribution is 2.55. The Morgan fingerprint density at radius 3 is 1.25 bits per heavy atom. The Morgan fingerprint density at radius 2 is 0.833 bits per heavy atom. The van der Waals surface area contributed by atoms with Gasteiger partial charge >= 0.3 is 0 Å². The van der Waals surface area contributed by atoms with Gasteiger partial charge in [0.1, 0.15) is 23.2 Å². The predicted molar refractivity (Wildman–Crippen MR) is 154 cm³/mol. The number of aliphatic hydroxyl groups excluding tert-OH is 1. The lowest BCUT2D eigenvalue weighted by Crippen LogP contribution is -3.00. The number of benzene rings is 3. The maximum absolute atomic E-state index is 8.79. The van der Waals surface area contributed by atoms with Crippen molar-refractivity contribution < 1.29 is 26.8 Å². The summed E-state index contributed by atoms with van der Waals surface area (Å²) in [7, 11) is -1.67. The van der Waals surface area contributed by atoms with Crippen LogP contribution in [0.2, 0.25) is 0 Å². The fourth-order valence-corrected chi connectivity index (χ4v) is 9.32. The van der Waals surface area contributed by atoms with Crippen LogP contribution in [0.4, 0.5) is 0 Å². The molecular weight excluding hydrogens is 527 g/mol. The Hall–Kier alpha value is -1.51. The summed E-state index contributed by atoms with van der Waals surface area (Å²) in [6.07, 6.45) is 13.4. The molecule has 0 aliphatic heterocycles. The van der Waals surface area contributed by atoms with Crippen molar-refractivity contribution in [2.24, 2.45) is 0 Å². The van der Waals surface area contributed by atoms with Gasteiger partial charge in [-0.3, -0.25) is 0 Å². The third kappa shape index (κ3) is 9.75. The first kappa shape index (κ1) is 30.7. The topological polar surface area (TPSA) is 29.5 Å². The van der Waals surface area contributed by atoms with E-state index in [0.29, 0.717) is 0 Å². The van der Waals surface area contributed by atoms with Gasteiger partial charge in [0.05, 0.1) is 6.16 Å². The number of hydrogen-bond acceptors (Lipinski definition) is 2. The molecule has 4 heteroatoms. The molecule has 0 spiro atoms. The first-order valence-corrected chi connectivity index (χ1v) is 15.6. The van der Waals surface area contributed by atoms with Crippen LogP contribution in [0.1, 0.15) is 64.2 Å². The van der Waals surface area contributed by atoms with Gasteiger partial charge in [0.15, 0.2) is 0 Å². The minimum atomic E-state index is -1.67. The number of halogens is 1. The summed E-state index contributed by atoms with van der Waals surface area (Å²) in [5, 5.41) is 13.3. The van der Waals surface area contributed by atoms with Crippen molar-refractivity contribution in [2.45, 2.75) is 64.2 Å². The number of rotatable bonds is 18. The third-order valence-corrected chi connectivity index (χ3v) is 11.3. The molecule has 0 aromatic heterocycles. The maximum atomic E-state index is 8.79. The molecule has 0 saturated carbocycles. The van der Waals surface area contributed by atoms with Gasteiger partial charge in [0.2, 0.25) is 0 Å². The minimum Gasteiger partial charge on any atom is -1.00 e. The predicted octanol–water partition coefficient (Wildman–Crippen LogP) is 3.89. The van der Waals surface area contributed by atoms with Crippen molar-refractivity contribution in [3.63, 3.8) is 0 Å². The molecule has 0 radical (unpaired) electrons. The van der Waals surface area contributed by atoms with Crippen LogP contribution in [-0.2, 0) is 4.74 Å². The van der Waals surface area contributed by atoms with E-state index >= 15 is 0 Å². The second-order valence-electron chi connectivity index (χ2n) is 9.41. The van der Waals surface area contributed by atoms with E-state index in [-0.39, 0.29) is 23.6 Å². The number of hydrogen-bond donors (Lipinski definition) is 1. The maximum Gasteiger partial charge on any atom is 0.112 e. The summed E-state index contributed by atoms with van der Waals surface area (Å²) in [6.45, 7) is 1.94. The largest absolute Gasteiger partial charge is 1.00 e. The lowest BCUT2D eigenvalue weighted by Gasteiger charge is -2.27. The summed E-state index contributed by atoms with van der Waals surface area (Å²) >= 11 is 0. The van der Waals surface area contributed by atoms with Gasteiger partial charge in [-0.25, -0.2) is 0 Å². The van der Waals surface area contributed by atoms with E-state index in [1.54, 1.807) is 0 Å². The molecule has 0 aliphatic rings. The second kappa shape index (κ2) is 18.7. The molecule has 196 valence electrons. The molecule has 0 amide bonds. The summed E-state index contributed by atoms with van der Waals surface area (Å²) in [5.74, 6) is 0. The van der Waals surface area contributed by atoms with Gasteiger partial charge in [-0.2, -0.15) is 0 Å². The molecule has 3 rings (SSSR count). The minimum absolute atomic E-state index is 0. The zero-order valence-electron chi connectivity index (χ0n) is 21.7. The molecule has 0 aliphatic carbocycles. The number of ether oxygens (including phenoxy) is 1. The third-order valence-electron chi connectivity index (χ3n) is 6.82. The van der Waals surface area contributed by atoms with Gasteiger partial charge in [0, 0.05) is 19.8 Å². The summed E-state index contributed by atoms with van der Waals surface area (Å²) < 4.78 is 5.63. The van der Waals surface area contributed by atoms with E-state index in [1.165, 1.54) is 67.0 Å². The molecule has 0 heterocycles. The van der Waals surface area contributed by atoms with Crippen molar-refractivity contribution in [1.82, 2.24) is 0 Å². The average Bonchev–Trinajstić information content (AvgIpc) is 2.93. The standard InChI is InChI=1S/C32H44O2P.BrH/c33-26-16-18-28-34-27-17-5-3-1-2-4-6-19-29-35(30-20-10-7-11-21-30,31-22-12-8-13-23-31)32-24-14-9-15-25-32;/h7-15,20-25,33H,1-6,16-19,26-29H2;1H/q+1;/p-1. The van der Waals surface area contributed by atoms with Crippen molar-refractivity contribution in [1.29, 1.82) is 0 Å². The fourth-order valence-electron chi connectivity index (χ4n) is 4.91. The monoisotopic (exact) mass is 570 g/mol. The molecule has 0 bridgehead atoms. The van der Waals surface area contributed by atoms with Crippen LogP contribution in [0.15, 0.2) is 91.0 Å². The fraction of sp³-hybridized carbons (Fsp3) is 0.438. The van der Waals surface area contributed by atoms with Crippen LogP contribution < -0.4 is 32.9 Å². The number of unbranched alkanes of at least 4 members (excludes halogenated alkanes) is 8. The molecular formula is C32H44BrO2P. The van der Waals surface area contributed by atoms with Crippen LogP contribution in [0.25, 0.3) is 0 Å². The average molecular weight is 572 g/mol. The molecule has 1 N–H and O–H groups in total. The molecule has 0 fully saturated rings. The first-order valence-electron chi connectivity index (χ1n) is 13.6. The van der Waals surface area contributed by atoms with E-state index in [4.69, 9.17) is 9.84 Å². The van der Waals surface area contributed by atoms with E-state index in [1.807, 2.05) is 0 Å².